The van der Waals surface area contributed by atoms with E-state index in [4.69, 9.17) is 5.73 Å². The molecule has 1 rings (SSSR count). The fourth-order valence-electron chi connectivity index (χ4n) is 2.45. The highest BCUT2D eigenvalue weighted by Gasteiger charge is 2.22. The summed E-state index contributed by atoms with van der Waals surface area (Å²) in [5, 5.41) is 0. The third kappa shape index (κ3) is 3.96. The first-order valence-corrected chi connectivity index (χ1v) is 8.50. The van der Waals surface area contributed by atoms with Gasteiger partial charge in [-0.1, -0.05) is 33.8 Å². The van der Waals surface area contributed by atoms with E-state index in [0.29, 0.717) is 35.5 Å². The number of benzene rings is 1. The Hall–Kier alpha value is -1.07. The van der Waals surface area contributed by atoms with Crippen molar-refractivity contribution < 1.29 is 8.42 Å². The molecule has 0 heterocycles. The topological polar surface area (TPSA) is 72.2 Å². The molecule has 4 nitrogen and oxygen atoms in total. The summed E-state index contributed by atoms with van der Waals surface area (Å²) in [5.74, 6) is 1.17. The zero-order valence-electron chi connectivity index (χ0n) is 13.0. The van der Waals surface area contributed by atoms with Crippen LogP contribution in [-0.2, 0) is 10.0 Å². The number of sulfonamides is 1. The maximum absolute atomic E-state index is 12.4. The molecule has 0 aliphatic rings. The first kappa shape index (κ1) is 17.0. The van der Waals surface area contributed by atoms with E-state index >= 15 is 0 Å². The van der Waals surface area contributed by atoms with Gasteiger partial charge >= 0.3 is 0 Å². The summed E-state index contributed by atoms with van der Waals surface area (Å²) in [6.07, 6.45) is 0. The standard InChI is InChI=1S/C15H26N2O2S/c1-10(2)13(11(3)4)9-17-20(18,19)15-8-6-7-14(16)12(15)5/h6-8,10-11,13,17H,9,16H2,1-5H3. The van der Waals surface area contributed by atoms with Crippen molar-refractivity contribution in [3.8, 4) is 0 Å². The Labute approximate surface area is 122 Å². The van der Waals surface area contributed by atoms with Crippen LogP contribution >= 0.6 is 0 Å². The molecule has 20 heavy (non-hydrogen) atoms. The van der Waals surface area contributed by atoms with Crippen LogP contribution in [0.2, 0.25) is 0 Å². The van der Waals surface area contributed by atoms with Crippen LogP contribution in [0.25, 0.3) is 0 Å². The molecule has 0 saturated heterocycles. The summed E-state index contributed by atoms with van der Waals surface area (Å²) in [4.78, 5) is 0.267. The van der Waals surface area contributed by atoms with Crippen molar-refractivity contribution >= 4 is 15.7 Å². The van der Waals surface area contributed by atoms with Gasteiger partial charge in [-0.3, -0.25) is 0 Å². The molecular formula is C15H26N2O2S. The van der Waals surface area contributed by atoms with Gasteiger partial charge in [0.1, 0.15) is 0 Å². The van der Waals surface area contributed by atoms with E-state index < -0.39 is 10.0 Å². The molecule has 1 aromatic carbocycles. The van der Waals surface area contributed by atoms with Crippen molar-refractivity contribution in [3.63, 3.8) is 0 Å². The molecule has 0 unspecified atom stereocenters. The maximum atomic E-state index is 12.4. The summed E-state index contributed by atoms with van der Waals surface area (Å²) < 4.78 is 27.5. The Bertz CT molecular complexity index is 543. The van der Waals surface area contributed by atoms with Gasteiger partial charge in [0.15, 0.2) is 0 Å². The summed E-state index contributed by atoms with van der Waals surface area (Å²) in [5.41, 5.74) is 6.88. The van der Waals surface area contributed by atoms with Crippen LogP contribution in [-0.4, -0.2) is 15.0 Å². The second-order valence-electron chi connectivity index (χ2n) is 5.97. The summed E-state index contributed by atoms with van der Waals surface area (Å²) in [6, 6.07) is 4.96. The molecule has 114 valence electrons. The molecule has 0 radical (unpaired) electrons. The highest BCUT2D eigenvalue weighted by atomic mass is 32.2. The van der Waals surface area contributed by atoms with Crippen molar-refractivity contribution in [2.45, 2.75) is 39.5 Å². The van der Waals surface area contributed by atoms with Gasteiger partial charge in [-0.05, 0) is 42.4 Å². The van der Waals surface area contributed by atoms with Crippen molar-refractivity contribution in [1.29, 1.82) is 0 Å². The van der Waals surface area contributed by atoms with Crippen LogP contribution in [0, 0.1) is 24.7 Å². The van der Waals surface area contributed by atoms with Gasteiger partial charge in [-0.25, -0.2) is 13.1 Å². The van der Waals surface area contributed by atoms with Gasteiger partial charge in [0.05, 0.1) is 4.90 Å². The summed E-state index contributed by atoms with van der Waals surface area (Å²) >= 11 is 0. The van der Waals surface area contributed by atoms with Gasteiger partial charge < -0.3 is 5.73 Å². The summed E-state index contributed by atoms with van der Waals surface area (Å²) in [6.45, 7) is 10.6. The lowest BCUT2D eigenvalue weighted by Gasteiger charge is -2.25. The molecule has 5 heteroatoms. The van der Waals surface area contributed by atoms with Crippen LogP contribution in [0.15, 0.2) is 23.1 Å². The van der Waals surface area contributed by atoms with E-state index in [1.165, 1.54) is 0 Å². The van der Waals surface area contributed by atoms with E-state index in [0.717, 1.165) is 0 Å². The molecule has 0 saturated carbocycles. The zero-order valence-corrected chi connectivity index (χ0v) is 13.8. The van der Waals surface area contributed by atoms with E-state index in [1.54, 1.807) is 25.1 Å². The third-order valence-electron chi connectivity index (χ3n) is 3.84. The van der Waals surface area contributed by atoms with Crippen molar-refractivity contribution in [3.05, 3.63) is 23.8 Å². The second kappa shape index (κ2) is 6.59. The number of nitrogens with two attached hydrogens (primary N) is 1. The molecular weight excluding hydrogens is 272 g/mol. The number of anilines is 1. The Morgan fingerprint density at radius 1 is 1.15 bits per heavy atom. The zero-order chi connectivity index (χ0) is 15.5. The lowest BCUT2D eigenvalue weighted by atomic mass is 9.86. The van der Waals surface area contributed by atoms with Crippen molar-refractivity contribution in [2.75, 3.05) is 12.3 Å². The van der Waals surface area contributed by atoms with Gasteiger partial charge in [-0.15, -0.1) is 0 Å². The van der Waals surface area contributed by atoms with Crippen molar-refractivity contribution in [2.24, 2.45) is 17.8 Å². The Kier molecular flexibility index (Phi) is 5.59. The molecule has 0 aliphatic heterocycles. The molecule has 0 fully saturated rings. The fraction of sp³-hybridized carbons (Fsp3) is 0.600. The molecule has 1 aromatic rings. The van der Waals surface area contributed by atoms with E-state index in [2.05, 4.69) is 32.4 Å². The van der Waals surface area contributed by atoms with Gasteiger partial charge in [0, 0.05) is 12.2 Å². The lowest BCUT2D eigenvalue weighted by Crippen LogP contribution is -2.34. The SMILES string of the molecule is Cc1c(N)cccc1S(=O)(=O)NCC(C(C)C)C(C)C. The predicted molar refractivity (Wildman–Crippen MR) is 83.9 cm³/mol. The largest absolute Gasteiger partial charge is 0.398 e. The molecule has 0 spiro atoms. The molecule has 0 aliphatic carbocycles. The highest BCUT2D eigenvalue weighted by Crippen LogP contribution is 2.23. The minimum atomic E-state index is -3.51. The van der Waals surface area contributed by atoms with E-state index in [-0.39, 0.29) is 4.90 Å². The molecule has 0 atom stereocenters. The Morgan fingerprint density at radius 3 is 2.20 bits per heavy atom. The van der Waals surface area contributed by atoms with E-state index in [9.17, 15) is 8.42 Å². The van der Waals surface area contributed by atoms with E-state index in [1.807, 2.05) is 0 Å². The monoisotopic (exact) mass is 298 g/mol. The normalized spacial score (nSPS) is 12.6. The second-order valence-corrected chi connectivity index (χ2v) is 7.71. The molecule has 0 bridgehead atoms. The van der Waals surface area contributed by atoms with Gasteiger partial charge in [0.25, 0.3) is 0 Å². The lowest BCUT2D eigenvalue weighted by molar-refractivity contribution is 0.289. The van der Waals surface area contributed by atoms with Crippen LogP contribution in [0.4, 0.5) is 5.69 Å². The summed E-state index contributed by atoms with van der Waals surface area (Å²) in [7, 11) is -3.51. The van der Waals surface area contributed by atoms with Gasteiger partial charge in [-0.2, -0.15) is 0 Å². The minimum absolute atomic E-state index is 0.267. The van der Waals surface area contributed by atoms with Crippen molar-refractivity contribution in [1.82, 2.24) is 4.72 Å². The average molecular weight is 298 g/mol. The van der Waals surface area contributed by atoms with Crippen LogP contribution in [0.3, 0.4) is 0 Å². The van der Waals surface area contributed by atoms with Crippen LogP contribution in [0.1, 0.15) is 33.3 Å². The first-order chi connectivity index (χ1) is 9.16. The third-order valence-corrected chi connectivity index (χ3v) is 5.41. The number of hydrogen-bond acceptors (Lipinski definition) is 3. The average Bonchev–Trinajstić information content (AvgIpc) is 2.31. The first-order valence-electron chi connectivity index (χ1n) is 7.01. The van der Waals surface area contributed by atoms with Crippen LogP contribution in [0.5, 0.6) is 0 Å². The number of rotatable bonds is 6. The minimum Gasteiger partial charge on any atom is -0.398 e. The Balaban J connectivity index is 2.93. The Morgan fingerprint density at radius 2 is 1.70 bits per heavy atom. The molecule has 0 aromatic heterocycles. The number of hydrogen-bond donors (Lipinski definition) is 2. The number of nitrogens with one attached hydrogen (secondary N) is 1. The van der Waals surface area contributed by atoms with Crippen LogP contribution < -0.4 is 10.5 Å². The predicted octanol–water partition coefficient (Wildman–Crippen LogP) is 2.78. The highest BCUT2D eigenvalue weighted by molar-refractivity contribution is 7.89. The maximum Gasteiger partial charge on any atom is 0.240 e. The molecule has 3 N–H and O–H groups in total. The fourth-order valence-corrected chi connectivity index (χ4v) is 3.79. The quantitative estimate of drug-likeness (QED) is 0.793. The smallest absolute Gasteiger partial charge is 0.240 e. The number of nitrogen functional groups attached to an aromatic ring is 1. The van der Waals surface area contributed by atoms with Gasteiger partial charge in [0.2, 0.25) is 10.0 Å². The molecule has 0 amide bonds.